The first-order valence-corrected chi connectivity index (χ1v) is 14.4. The zero-order chi connectivity index (χ0) is 33.1. The van der Waals surface area contributed by atoms with Gasteiger partial charge in [-0.25, -0.2) is 0 Å². The molecular weight excluding hydrogens is 576 g/mol. The number of nitriles is 1. The van der Waals surface area contributed by atoms with Crippen LogP contribution in [0, 0.1) is 25.2 Å². The van der Waals surface area contributed by atoms with Crippen molar-refractivity contribution in [2.24, 2.45) is 0 Å². The summed E-state index contributed by atoms with van der Waals surface area (Å²) in [4.78, 5) is 52.8. The molecule has 0 aliphatic rings. The van der Waals surface area contributed by atoms with E-state index in [1.165, 1.54) is 24.0 Å². The van der Waals surface area contributed by atoms with Crippen molar-refractivity contribution >= 4 is 29.7 Å². The SMILES string of the molecule is Cc1ccc(CNC(=O)[C@H](CCc2ccc(/C=C(\C#N)C(=O)N(C)C)cc2)NC(=O)[C@@H](NC(=O)c2cc(C)on2)[C@@H](C)O)cc1. The molecular formula is C33H38N6O6. The number of aliphatic hydroxyl groups is 1. The Morgan fingerprint density at radius 1 is 1.00 bits per heavy atom. The number of nitrogens with one attached hydrogen (secondary N) is 3. The molecule has 0 aliphatic heterocycles. The molecule has 0 saturated heterocycles. The van der Waals surface area contributed by atoms with E-state index in [4.69, 9.17) is 4.52 Å². The Hall–Kier alpha value is -5.28. The lowest BCUT2D eigenvalue weighted by atomic mass is 10.0. The van der Waals surface area contributed by atoms with Crippen LogP contribution in [0.1, 0.15) is 51.8 Å². The van der Waals surface area contributed by atoms with Crippen molar-refractivity contribution < 1.29 is 28.8 Å². The maximum Gasteiger partial charge on any atom is 0.274 e. The van der Waals surface area contributed by atoms with Gasteiger partial charge in [-0.05, 0) is 56.4 Å². The summed E-state index contributed by atoms with van der Waals surface area (Å²) in [5.74, 6) is -1.90. The van der Waals surface area contributed by atoms with E-state index >= 15 is 0 Å². The van der Waals surface area contributed by atoms with Crippen molar-refractivity contribution in [3.8, 4) is 6.07 Å². The summed E-state index contributed by atoms with van der Waals surface area (Å²) in [5, 5.41) is 31.3. The van der Waals surface area contributed by atoms with E-state index in [-0.39, 0.29) is 24.2 Å². The molecule has 0 fully saturated rings. The summed E-state index contributed by atoms with van der Waals surface area (Å²) < 4.78 is 4.92. The quantitative estimate of drug-likeness (QED) is 0.167. The number of rotatable bonds is 13. The van der Waals surface area contributed by atoms with E-state index < -0.39 is 41.8 Å². The van der Waals surface area contributed by atoms with Crippen LogP contribution in [0.5, 0.6) is 0 Å². The molecule has 0 saturated carbocycles. The molecule has 4 amide bonds. The highest BCUT2D eigenvalue weighted by molar-refractivity contribution is 6.01. The highest BCUT2D eigenvalue weighted by Gasteiger charge is 2.30. The number of aliphatic hydroxyl groups excluding tert-OH is 1. The minimum absolute atomic E-state index is 0.000725. The van der Waals surface area contributed by atoms with Crippen LogP contribution in [0.3, 0.4) is 0 Å². The van der Waals surface area contributed by atoms with E-state index in [0.29, 0.717) is 17.7 Å². The van der Waals surface area contributed by atoms with Crippen LogP contribution in [0.25, 0.3) is 6.08 Å². The maximum atomic E-state index is 13.3. The van der Waals surface area contributed by atoms with Crippen LogP contribution in [-0.2, 0) is 27.3 Å². The van der Waals surface area contributed by atoms with Crippen LogP contribution in [-0.4, -0.2) is 71.1 Å². The molecule has 0 aliphatic carbocycles. The Balaban J connectivity index is 1.75. The summed E-state index contributed by atoms with van der Waals surface area (Å²) in [6.45, 7) is 5.17. The minimum atomic E-state index is -1.37. The number of aromatic nitrogens is 1. The molecule has 0 unspecified atom stereocenters. The van der Waals surface area contributed by atoms with Crippen LogP contribution >= 0.6 is 0 Å². The Morgan fingerprint density at radius 3 is 2.20 bits per heavy atom. The zero-order valence-electron chi connectivity index (χ0n) is 26.0. The molecule has 3 rings (SSSR count). The van der Waals surface area contributed by atoms with Gasteiger partial charge in [-0.3, -0.25) is 19.2 Å². The summed E-state index contributed by atoms with van der Waals surface area (Å²) >= 11 is 0. The van der Waals surface area contributed by atoms with Crippen molar-refractivity contribution in [3.63, 3.8) is 0 Å². The highest BCUT2D eigenvalue weighted by atomic mass is 16.5. The largest absolute Gasteiger partial charge is 0.391 e. The van der Waals surface area contributed by atoms with Crippen molar-refractivity contribution in [3.05, 3.63) is 93.9 Å². The van der Waals surface area contributed by atoms with Gasteiger partial charge in [0.25, 0.3) is 11.8 Å². The monoisotopic (exact) mass is 614 g/mol. The molecule has 3 aromatic rings. The molecule has 2 aromatic carbocycles. The first kappa shape index (κ1) is 34.2. The van der Waals surface area contributed by atoms with Gasteiger partial charge < -0.3 is 30.5 Å². The van der Waals surface area contributed by atoms with Crippen LogP contribution in [0.15, 0.2) is 64.7 Å². The predicted octanol–water partition coefficient (Wildman–Crippen LogP) is 2.20. The second-order valence-corrected chi connectivity index (χ2v) is 10.9. The summed E-state index contributed by atoms with van der Waals surface area (Å²) in [6, 6.07) is 15.7. The third-order valence-electron chi connectivity index (χ3n) is 6.90. The normalized spacial score (nSPS) is 13.1. The van der Waals surface area contributed by atoms with Crippen LogP contribution in [0.2, 0.25) is 0 Å². The number of amides is 4. The fourth-order valence-electron chi connectivity index (χ4n) is 4.28. The number of aryl methyl sites for hydroxylation is 3. The Labute approximate surface area is 262 Å². The Bertz CT molecular complexity index is 1570. The second-order valence-electron chi connectivity index (χ2n) is 10.9. The third-order valence-corrected chi connectivity index (χ3v) is 6.90. The number of carbonyl (C=O) groups is 4. The molecule has 0 bridgehead atoms. The Morgan fingerprint density at radius 2 is 1.64 bits per heavy atom. The summed E-state index contributed by atoms with van der Waals surface area (Å²) in [7, 11) is 3.13. The topological polar surface area (TPSA) is 178 Å². The summed E-state index contributed by atoms with van der Waals surface area (Å²) in [6.07, 6.45) is 0.806. The van der Waals surface area contributed by atoms with Gasteiger partial charge in [0.05, 0.1) is 6.10 Å². The summed E-state index contributed by atoms with van der Waals surface area (Å²) in [5.41, 5.74) is 3.41. The highest BCUT2D eigenvalue weighted by Crippen LogP contribution is 2.13. The number of nitrogens with zero attached hydrogens (tertiary/aromatic N) is 3. The van der Waals surface area contributed by atoms with E-state index in [9.17, 15) is 29.5 Å². The molecule has 12 heteroatoms. The van der Waals surface area contributed by atoms with Crippen LogP contribution < -0.4 is 16.0 Å². The lowest BCUT2D eigenvalue weighted by Crippen LogP contribution is -2.57. The zero-order valence-corrected chi connectivity index (χ0v) is 26.0. The molecule has 0 radical (unpaired) electrons. The van der Waals surface area contributed by atoms with Gasteiger partial charge >= 0.3 is 0 Å². The lowest BCUT2D eigenvalue weighted by Gasteiger charge is -2.24. The van der Waals surface area contributed by atoms with E-state index in [0.717, 1.165) is 16.7 Å². The van der Waals surface area contributed by atoms with Crippen molar-refractivity contribution in [1.82, 2.24) is 26.0 Å². The van der Waals surface area contributed by atoms with Crippen molar-refractivity contribution in [2.45, 2.75) is 58.3 Å². The number of benzene rings is 2. The smallest absolute Gasteiger partial charge is 0.274 e. The third kappa shape index (κ3) is 10.1. The van der Waals surface area contributed by atoms with E-state index in [1.807, 2.05) is 49.4 Å². The van der Waals surface area contributed by atoms with Gasteiger partial charge in [-0.2, -0.15) is 5.26 Å². The van der Waals surface area contributed by atoms with Gasteiger partial charge in [-0.15, -0.1) is 0 Å². The number of hydrogen-bond acceptors (Lipinski definition) is 8. The van der Waals surface area contributed by atoms with E-state index in [1.54, 1.807) is 33.2 Å². The number of hydrogen-bond donors (Lipinski definition) is 4. The molecule has 4 N–H and O–H groups in total. The molecule has 1 heterocycles. The Kier molecular flexibility index (Phi) is 12.1. The second kappa shape index (κ2) is 16.0. The van der Waals surface area contributed by atoms with Gasteiger partial charge in [0.1, 0.15) is 29.5 Å². The lowest BCUT2D eigenvalue weighted by molar-refractivity contribution is -0.131. The average molecular weight is 615 g/mol. The predicted molar refractivity (Wildman–Crippen MR) is 166 cm³/mol. The van der Waals surface area contributed by atoms with Crippen molar-refractivity contribution in [1.29, 1.82) is 5.26 Å². The fraction of sp³-hybridized carbons (Fsp3) is 0.333. The van der Waals surface area contributed by atoms with Gasteiger partial charge in [0.2, 0.25) is 11.8 Å². The first-order chi connectivity index (χ1) is 21.4. The molecule has 3 atom stereocenters. The number of carbonyl (C=O) groups excluding carboxylic acids is 4. The average Bonchev–Trinajstić information content (AvgIpc) is 3.46. The fourth-order valence-corrected chi connectivity index (χ4v) is 4.28. The first-order valence-electron chi connectivity index (χ1n) is 14.4. The van der Waals surface area contributed by atoms with Gasteiger partial charge in [0.15, 0.2) is 5.69 Å². The van der Waals surface area contributed by atoms with Crippen molar-refractivity contribution in [2.75, 3.05) is 14.1 Å². The molecule has 12 nitrogen and oxygen atoms in total. The molecule has 0 spiro atoms. The van der Waals surface area contributed by atoms with Crippen LogP contribution in [0.4, 0.5) is 0 Å². The molecule has 1 aromatic heterocycles. The maximum absolute atomic E-state index is 13.3. The minimum Gasteiger partial charge on any atom is -0.391 e. The molecule has 236 valence electrons. The van der Waals surface area contributed by atoms with Gasteiger partial charge in [-0.1, -0.05) is 59.3 Å². The standard InChI is InChI=1S/C33H38N6O6/c1-20-6-8-25(9-7-20)19-35-30(41)27(36-32(43)29(22(3)40)37-31(42)28-16-21(2)45-38-28)15-14-23-10-12-24(13-11-23)17-26(18-34)33(44)39(4)5/h6-13,16-17,22,27,29,40H,14-15,19H2,1-5H3,(H,35,41)(H,36,43)(H,37,42)/b26-17+/t22-,27+,29+/m1/s1. The van der Waals surface area contributed by atoms with E-state index in [2.05, 4.69) is 21.1 Å². The number of likely N-dealkylation sites (N-methyl/N-ethyl adjacent to an activating group) is 1. The van der Waals surface area contributed by atoms with Gasteiger partial charge in [0, 0.05) is 26.7 Å². The molecule has 45 heavy (non-hydrogen) atoms.